The number of benzene rings is 1. The zero-order valence-electron chi connectivity index (χ0n) is 9.21. The number of halogens is 3. The third-order valence-electron chi connectivity index (χ3n) is 2.20. The van der Waals surface area contributed by atoms with Crippen LogP contribution in [-0.2, 0) is 17.5 Å². The molecule has 0 aliphatic carbocycles. The number of hydrogen-bond donors (Lipinski definition) is 1. The molecule has 0 saturated heterocycles. The highest BCUT2D eigenvalue weighted by molar-refractivity contribution is 5.93. The first-order valence-corrected chi connectivity index (χ1v) is 4.68. The van der Waals surface area contributed by atoms with Gasteiger partial charge in [0.15, 0.2) is 0 Å². The molecule has 1 rings (SSSR count). The monoisotopic (exact) mass is 259 g/mol. The van der Waals surface area contributed by atoms with Crippen LogP contribution in [0.1, 0.15) is 27.0 Å². The molecule has 0 aromatic heterocycles. The standard InChI is InChI=1S/C11H8F3NO3/c1-18-10(17)7-2-6(5-16)3-9(8(7)4-15)11(12,13)14/h2-3,16H,5H2,1H3. The molecule has 1 N–H and O–H groups in total. The number of carbonyl (C=O) groups excluding carboxylic acids is 1. The van der Waals surface area contributed by atoms with Crippen LogP contribution in [0.3, 0.4) is 0 Å². The second-order valence-electron chi connectivity index (χ2n) is 3.33. The number of nitriles is 1. The first kappa shape index (κ1) is 14.0. The average Bonchev–Trinajstić information content (AvgIpc) is 2.34. The molecule has 7 heteroatoms. The van der Waals surface area contributed by atoms with Crippen LogP contribution in [0, 0.1) is 11.3 Å². The number of methoxy groups -OCH3 is 1. The molecule has 0 fully saturated rings. The van der Waals surface area contributed by atoms with Crippen LogP contribution in [0.15, 0.2) is 12.1 Å². The number of rotatable bonds is 2. The van der Waals surface area contributed by atoms with Gasteiger partial charge in [0, 0.05) is 0 Å². The van der Waals surface area contributed by atoms with Crippen LogP contribution in [-0.4, -0.2) is 18.2 Å². The highest BCUT2D eigenvalue weighted by atomic mass is 19.4. The number of aliphatic hydroxyl groups excluding tert-OH is 1. The third kappa shape index (κ3) is 2.60. The summed E-state index contributed by atoms with van der Waals surface area (Å²) < 4.78 is 42.4. The zero-order valence-corrected chi connectivity index (χ0v) is 9.21. The van der Waals surface area contributed by atoms with Gasteiger partial charge in [-0.1, -0.05) is 0 Å². The van der Waals surface area contributed by atoms with Gasteiger partial charge in [0.2, 0.25) is 0 Å². The van der Waals surface area contributed by atoms with Crippen molar-refractivity contribution in [3.8, 4) is 6.07 Å². The molecule has 0 saturated carbocycles. The number of hydrogen-bond acceptors (Lipinski definition) is 4. The van der Waals surface area contributed by atoms with E-state index in [0.29, 0.717) is 6.07 Å². The highest BCUT2D eigenvalue weighted by Gasteiger charge is 2.36. The summed E-state index contributed by atoms with van der Waals surface area (Å²) in [7, 11) is 0.988. The predicted octanol–water partition coefficient (Wildman–Crippen LogP) is 1.86. The molecule has 0 aliphatic heterocycles. The van der Waals surface area contributed by atoms with E-state index in [9.17, 15) is 18.0 Å². The Bertz CT molecular complexity index is 517. The predicted molar refractivity (Wildman–Crippen MR) is 53.4 cm³/mol. The molecule has 0 bridgehead atoms. The summed E-state index contributed by atoms with van der Waals surface area (Å²) in [6, 6.07) is 2.96. The number of alkyl halides is 3. The molecule has 0 amide bonds. The molecule has 96 valence electrons. The van der Waals surface area contributed by atoms with Gasteiger partial charge in [-0.25, -0.2) is 4.79 Å². The molecule has 0 atom stereocenters. The Morgan fingerprint density at radius 2 is 2.11 bits per heavy atom. The minimum atomic E-state index is -4.79. The van der Waals surface area contributed by atoms with E-state index >= 15 is 0 Å². The Morgan fingerprint density at radius 1 is 1.50 bits per heavy atom. The van der Waals surface area contributed by atoms with Crippen LogP contribution in [0.5, 0.6) is 0 Å². The summed E-state index contributed by atoms with van der Waals surface area (Å²) in [6.45, 7) is -0.682. The van der Waals surface area contributed by atoms with Crippen LogP contribution in [0.4, 0.5) is 13.2 Å². The first-order valence-electron chi connectivity index (χ1n) is 4.68. The molecular weight excluding hydrogens is 251 g/mol. The lowest BCUT2D eigenvalue weighted by Crippen LogP contribution is -2.14. The lowest BCUT2D eigenvalue weighted by atomic mass is 9.98. The molecule has 1 aromatic rings. The van der Waals surface area contributed by atoms with E-state index in [0.717, 1.165) is 13.2 Å². The number of carbonyl (C=O) groups is 1. The minimum absolute atomic E-state index is 0.123. The largest absolute Gasteiger partial charge is 0.465 e. The summed E-state index contributed by atoms with van der Waals surface area (Å²) >= 11 is 0. The van der Waals surface area contributed by atoms with E-state index in [4.69, 9.17) is 10.4 Å². The number of aliphatic hydroxyl groups is 1. The molecule has 0 unspecified atom stereocenters. The molecule has 0 radical (unpaired) electrons. The molecule has 4 nitrogen and oxygen atoms in total. The number of nitrogens with zero attached hydrogens (tertiary/aromatic N) is 1. The quantitative estimate of drug-likeness (QED) is 0.823. The van der Waals surface area contributed by atoms with Crippen LogP contribution in [0.25, 0.3) is 0 Å². The van der Waals surface area contributed by atoms with Gasteiger partial charge in [0.1, 0.15) is 6.07 Å². The first-order chi connectivity index (χ1) is 8.35. The second kappa shape index (κ2) is 5.06. The van der Waals surface area contributed by atoms with Crippen molar-refractivity contribution < 1.29 is 27.8 Å². The van der Waals surface area contributed by atoms with Gasteiger partial charge >= 0.3 is 12.1 Å². The average molecular weight is 259 g/mol. The Kier molecular flexibility index (Phi) is 3.93. The van der Waals surface area contributed by atoms with E-state index in [-0.39, 0.29) is 5.56 Å². The van der Waals surface area contributed by atoms with Crippen molar-refractivity contribution in [2.45, 2.75) is 12.8 Å². The van der Waals surface area contributed by atoms with Gasteiger partial charge in [-0.05, 0) is 17.7 Å². The maximum Gasteiger partial charge on any atom is 0.417 e. The van der Waals surface area contributed by atoms with E-state index in [2.05, 4.69) is 4.74 Å². The van der Waals surface area contributed by atoms with Crippen molar-refractivity contribution in [3.05, 3.63) is 34.4 Å². The minimum Gasteiger partial charge on any atom is -0.465 e. The SMILES string of the molecule is COC(=O)c1cc(CO)cc(C(F)(F)F)c1C#N. The summed E-state index contributed by atoms with van der Waals surface area (Å²) in [6.07, 6.45) is -4.79. The molecule has 1 aromatic carbocycles. The van der Waals surface area contributed by atoms with Crippen LogP contribution < -0.4 is 0 Å². The lowest BCUT2D eigenvalue weighted by molar-refractivity contribution is -0.137. The van der Waals surface area contributed by atoms with Gasteiger partial charge in [-0.2, -0.15) is 18.4 Å². The van der Waals surface area contributed by atoms with E-state index in [1.165, 1.54) is 6.07 Å². The van der Waals surface area contributed by atoms with Gasteiger partial charge in [0.05, 0.1) is 30.4 Å². The van der Waals surface area contributed by atoms with Gasteiger partial charge in [0.25, 0.3) is 0 Å². The fourth-order valence-electron chi connectivity index (χ4n) is 1.41. The Hall–Kier alpha value is -2.07. The van der Waals surface area contributed by atoms with Crippen molar-refractivity contribution in [2.24, 2.45) is 0 Å². The Balaban J connectivity index is 3.62. The fraction of sp³-hybridized carbons (Fsp3) is 0.273. The fourth-order valence-corrected chi connectivity index (χ4v) is 1.41. The Labute approximate surface area is 100 Å². The number of ether oxygens (including phenoxy) is 1. The van der Waals surface area contributed by atoms with Crippen molar-refractivity contribution in [2.75, 3.05) is 7.11 Å². The normalized spacial score (nSPS) is 10.9. The van der Waals surface area contributed by atoms with Crippen LogP contribution in [0.2, 0.25) is 0 Å². The van der Waals surface area contributed by atoms with E-state index in [1.807, 2.05) is 0 Å². The Morgan fingerprint density at radius 3 is 2.50 bits per heavy atom. The zero-order chi connectivity index (χ0) is 13.9. The van der Waals surface area contributed by atoms with Crippen molar-refractivity contribution >= 4 is 5.97 Å². The van der Waals surface area contributed by atoms with Crippen LogP contribution >= 0.6 is 0 Å². The van der Waals surface area contributed by atoms with E-state index < -0.39 is 35.4 Å². The smallest absolute Gasteiger partial charge is 0.417 e. The molecular formula is C11H8F3NO3. The lowest BCUT2D eigenvalue weighted by Gasteiger charge is -2.13. The van der Waals surface area contributed by atoms with Gasteiger partial charge in [-0.15, -0.1) is 0 Å². The second-order valence-corrected chi connectivity index (χ2v) is 3.33. The molecule has 18 heavy (non-hydrogen) atoms. The summed E-state index contributed by atoms with van der Waals surface area (Å²) in [5.41, 5.74) is -2.72. The highest BCUT2D eigenvalue weighted by Crippen LogP contribution is 2.34. The molecule has 0 aliphatic rings. The summed E-state index contributed by atoms with van der Waals surface area (Å²) in [4.78, 5) is 11.3. The van der Waals surface area contributed by atoms with Gasteiger partial charge in [-0.3, -0.25) is 0 Å². The summed E-state index contributed by atoms with van der Waals surface area (Å²) in [5.74, 6) is -1.06. The van der Waals surface area contributed by atoms with Gasteiger partial charge < -0.3 is 9.84 Å². The molecule has 0 heterocycles. The maximum absolute atomic E-state index is 12.7. The maximum atomic E-state index is 12.7. The topological polar surface area (TPSA) is 70.3 Å². The molecule has 0 spiro atoms. The van der Waals surface area contributed by atoms with E-state index in [1.54, 1.807) is 0 Å². The van der Waals surface area contributed by atoms with Crippen molar-refractivity contribution in [1.82, 2.24) is 0 Å². The van der Waals surface area contributed by atoms with Crippen molar-refractivity contribution in [1.29, 1.82) is 5.26 Å². The summed E-state index contributed by atoms with van der Waals surface area (Å²) in [5, 5.41) is 17.6. The third-order valence-corrected chi connectivity index (χ3v) is 2.20. The number of esters is 1. The van der Waals surface area contributed by atoms with Crippen molar-refractivity contribution in [3.63, 3.8) is 0 Å².